The second-order valence-electron chi connectivity index (χ2n) is 5.58. The highest BCUT2D eigenvalue weighted by Crippen LogP contribution is 2.31. The van der Waals surface area contributed by atoms with Gasteiger partial charge in [-0.05, 0) is 42.8 Å². The third-order valence-corrected chi connectivity index (χ3v) is 5.75. The summed E-state index contributed by atoms with van der Waals surface area (Å²) in [6.45, 7) is 0. The number of aromatic nitrogens is 2. The average molecular weight is 404 g/mol. The molecule has 0 bridgehead atoms. The van der Waals surface area contributed by atoms with Gasteiger partial charge in [0.15, 0.2) is 10.1 Å². The van der Waals surface area contributed by atoms with Crippen LogP contribution in [0.3, 0.4) is 0 Å². The quantitative estimate of drug-likeness (QED) is 0.302. The molecule has 0 saturated carbocycles. The van der Waals surface area contributed by atoms with E-state index in [-0.39, 0.29) is 11.6 Å². The molecule has 0 radical (unpaired) electrons. The van der Waals surface area contributed by atoms with Crippen molar-refractivity contribution in [3.05, 3.63) is 59.9 Å². The van der Waals surface area contributed by atoms with Gasteiger partial charge in [-0.15, -0.1) is 10.2 Å². The number of Topliss-reactive ketones (excluding diaryl/α,β-unsaturated/α-hetero) is 1. The lowest BCUT2D eigenvalue weighted by atomic mass is 10.1. The fraction of sp³-hybridized carbons (Fsp3) is 0.211. The molecule has 3 rings (SSSR count). The maximum atomic E-state index is 12.9. The highest BCUT2D eigenvalue weighted by Gasteiger charge is 2.09. The van der Waals surface area contributed by atoms with E-state index >= 15 is 0 Å². The molecule has 8 heteroatoms. The van der Waals surface area contributed by atoms with Crippen LogP contribution in [0.25, 0.3) is 0 Å². The first kappa shape index (κ1) is 19.3. The Morgan fingerprint density at radius 3 is 2.74 bits per heavy atom. The van der Waals surface area contributed by atoms with Crippen molar-refractivity contribution in [2.24, 2.45) is 0 Å². The van der Waals surface area contributed by atoms with E-state index in [4.69, 9.17) is 4.74 Å². The van der Waals surface area contributed by atoms with Gasteiger partial charge >= 0.3 is 0 Å². The lowest BCUT2D eigenvalue weighted by Gasteiger charge is -2.07. The van der Waals surface area contributed by atoms with Crippen LogP contribution in [-0.4, -0.2) is 28.8 Å². The molecule has 27 heavy (non-hydrogen) atoms. The summed E-state index contributed by atoms with van der Waals surface area (Å²) in [5.41, 5.74) is 1.37. The number of carbonyl (C=O) groups is 1. The van der Waals surface area contributed by atoms with Crippen LogP contribution in [0.15, 0.2) is 52.9 Å². The summed E-state index contributed by atoms with van der Waals surface area (Å²) in [5, 5.41) is 12.2. The van der Waals surface area contributed by atoms with Crippen molar-refractivity contribution in [2.75, 3.05) is 18.2 Å². The molecule has 0 fully saturated rings. The van der Waals surface area contributed by atoms with Crippen molar-refractivity contribution >= 4 is 39.7 Å². The van der Waals surface area contributed by atoms with E-state index in [0.717, 1.165) is 28.0 Å². The maximum Gasteiger partial charge on any atom is 0.210 e. The van der Waals surface area contributed by atoms with Gasteiger partial charge in [0.2, 0.25) is 5.13 Å². The van der Waals surface area contributed by atoms with Crippen molar-refractivity contribution in [3.8, 4) is 5.75 Å². The predicted molar refractivity (Wildman–Crippen MR) is 107 cm³/mol. The molecule has 3 aromatic rings. The normalized spacial score (nSPS) is 10.6. The average Bonchev–Trinajstić information content (AvgIpc) is 3.13. The first-order chi connectivity index (χ1) is 13.2. The molecular formula is C19H18FN3O2S2. The first-order valence-corrected chi connectivity index (χ1v) is 10.1. The molecule has 0 aliphatic carbocycles. The number of rotatable bonds is 9. The van der Waals surface area contributed by atoms with Gasteiger partial charge in [-0.2, -0.15) is 0 Å². The number of para-hydroxylation sites is 2. The van der Waals surface area contributed by atoms with Crippen LogP contribution >= 0.6 is 23.1 Å². The molecular weight excluding hydrogens is 385 g/mol. The van der Waals surface area contributed by atoms with E-state index in [0.29, 0.717) is 17.1 Å². The van der Waals surface area contributed by atoms with Crippen LogP contribution < -0.4 is 10.1 Å². The van der Waals surface area contributed by atoms with Gasteiger partial charge in [0, 0.05) is 17.7 Å². The summed E-state index contributed by atoms with van der Waals surface area (Å²) in [6.07, 6.45) is 1.14. The summed E-state index contributed by atoms with van der Waals surface area (Å²) in [7, 11) is 1.62. The minimum Gasteiger partial charge on any atom is -0.495 e. The van der Waals surface area contributed by atoms with Gasteiger partial charge in [-0.25, -0.2) is 4.39 Å². The molecule has 2 aromatic carbocycles. The lowest BCUT2D eigenvalue weighted by molar-refractivity contribution is 0.0982. The smallest absolute Gasteiger partial charge is 0.210 e. The fourth-order valence-corrected chi connectivity index (χ4v) is 4.13. The number of benzene rings is 2. The zero-order chi connectivity index (χ0) is 19.1. The molecule has 140 valence electrons. The van der Waals surface area contributed by atoms with Crippen LogP contribution in [0.5, 0.6) is 5.75 Å². The molecule has 1 heterocycles. The van der Waals surface area contributed by atoms with Gasteiger partial charge in [0.1, 0.15) is 11.6 Å². The topological polar surface area (TPSA) is 64.1 Å². The molecule has 0 aliphatic rings. The number of nitrogens with zero attached hydrogens (tertiary/aromatic N) is 2. The summed E-state index contributed by atoms with van der Waals surface area (Å²) >= 11 is 3.01. The second-order valence-corrected chi connectivity index (χ2v) is 7.90. The third-order valence-electron chi connectivity index (χ3n) is 3.69. The number of hydrogen-bond donors (Lipinski definition) is 1. The molecule has 0 saturated heterocycles. The van der Waals surface area contributed by atoms with E-state index in [1.165, 1.54) is 35.6 Å². The number of anilines is 2. The Kier molecular flexibility index (Phi) is 6.78. The Morgan fingerprint density at radius 1 is 1.19 bits per heavy atom. The van der Waals surface area contributed by atoms with Gasteiger partial charge in [-0.3, -0.25) is 4.79 Å². The van der Waals surface area contributed by atoms with Crippen LogP contribution in [0, 0.1) is 5.82 Å². The Balaban J connectivity index is 1.45. The number of carbonyl (C=O) groups excluding carboxylic acids is 1. The van der Waals surface area contributed by atoms with Crippen LogP contribution in [-0.2, 0) is 0 Å². The monoisotopic (exact) mass is 403 g/mol. The summed E-state index contributed by atoms with van der Waals surface area (Å²) in [5.74, 6) is 1.18. The SMILES string of the molecule is COc1ccccc1Nc1nnc(SCCCC(=O)c2ccc(F)cc2)s1. The summed E-state index contributed by atoms with van der Waals surface area (Å²) in [4.78, 5) is 12.1. The number of hydrogen-bond acceptors (Lipinski definition) is 7. The molecule has 0 aliphatic heterocycles. The minimum absolute atomic E-state index is 0.0198. The molecule has 0 atom stereocenters. The molecule has 0 unspecified atom stereocenters. The molecule has 0 amide bonds. The Hall–Kier alpha value is -2.45. The van der Waals surface area contributed by atoms with Crippen LogP contribution in [0.4, 0.5) is 15.2 Å². The third kappa shape index (κ3) is 5.51. The molecule has 1 aromatic heterocycles. The van der Waals surface area contributed by atoms with Gasteiger partial charge in [0.25, 0.3) is 0 Å². The van der Waals surface area contributed by atoms with Crippen molar-refractivity contribution in [1.82, 2.24) is 10.2 Å². The van der Waals surface area contributed by atoms with E-state index in [2.05, 4.69) is 15.5 Å². The van der Waals surface area contributed by atoms with E-state index in [9.17, 15) is 9.18 Å². The van der Waals surface area contributed by atoms with Crippen LogP contribution in [0.2, 0.25) is 0 Å². The molecule has 1 N–H and O–H groups in total. The van der Waals surface area contributed by atoms with Gasteiger partial charge in [0.05, 0.1) is 12.8 Å². The number of thioether (sulfide) groups is 1. The van der Waals surface area contributed by atoms with Gasteiger partial charge in [-0.1, -0.05) is 35.2 Å². The summed E-state index contributed by atoms with van der Waals surface area (Å²) in [6, 6.07) is 13.2. The Bertz CT molecular complexity index is 900. The standard InChI is InChI=1S/C19H18FN3O2S2/c1-25-17-7-3-2-5-15(17)21-18-22-23-19(27-18)26-12-4-6-16(24)13-8-10-14(20)11-9-13/h2-3,5,7-11H,4,6,12H2,1H3,(H,21,22). The lowest BCUT2D eigenvalue weighted by Crippen LogP contribution is -1.99. The zero-order valence-corrected chi connectivity index (χ0v) is 16.3. The van der Waals surface area contributed by atoms with Crippen LogP contribution in [0.1, 0.15) is 23.2 Å². The maximum absolute atomic E-state index is 12.9. The van der Waals surface area contributed by atoms with E-state index in [1.807, 2.05) is 24.3 Å². The Morgan fingerprint density at radius 2 is 1.96 bits per heavy atom. The minimum atomic E-state index is -0.337. The predicted octanol–water partition coefficient (Wildman–Crippen LogP) is 5.18. The number of ether oxygens (including phenoxy) is 1. The number of halogens is 1. The number of methoxy groups -OCH3 is 1. The van der Waals surface area contributed by atoms with E-state index in [1.54, 1.807) is 18.9 Å². The van der Waals surface area contributed by atoms with Crippen molar-refractivity contribution in [2.45, 2.75) is 17.2 Å². The van der Waals surface area contributed by atoms with Crippen molar-refractivity contribution in [1.29, 1.82) is 0 Å². The number of nitrogens with one attached hydrogen (secondary N) is 1. The van der Waals surface area contributed by atoms with Crippen molar-refractivity contribution in [3.63, 3.8) is 0 Å². The largest absolute Gasteiger partial charge is 0.495 e. The highest BCUT2D eigenvalue weighted by atomic mass is 32.2. The fourth-order valence-electron chi connectivity index (χ4n) is 2.35. The van der Waals surface area contributed by atoms with Crippen molar-refractivity contribution < 1.29 is 13.9 Å². The summed E-state index contributed by atoms with van der Waals surface area (Å²) < 4.78 is 19.0. The molecule has 5 nitrogen and oxygen atoms in total. The Labute approximate surface area is 165 Å². The first-order valence-electron chi connectivity index (χ1n) is 8.31. The zero-order valence-electron chi connectivity index (χ0n) is 14.6. The highest BCUT2D eigenvalue weighted by molar-refractivity contribution is 8.01. The molecule has 0 spiro atoms. The second kappa shape index (κ2) is 9.48. The van der Waals surface area contributed by atoms with E-state index < -0.39 is 0 Å². The van der Waals surface area contributed by atoms with Gasteiger partial charge < -0.3 is 10.1 Å². The number of ketones is 1.